The van der Waals surface area contributed by atoms with Gasteiger partial charge in [0.1, 0.15) is 11.5 Å². The zero-order chi connectivity index (χ0) is 41.7. The van der Waals surface area contributed by atoms with Crippen molar-refractivity contribution in [1.82, 2.24) is 4.57 Å². The lowest BCUT2D eigenvalue weighted by atomic mass is 10.0. The zero-order valence-electron chi connectivity index (χ0n) is 34.1. The number of rotatable bonds is 8. The van der Waals surface area contributed by atoms with Gasteiger partial charge >= 0.3 is 0 Å². The molecular weight excluding hydrogens is 773 g/mol. The molecule has 5 heteroatoms. The molecule has 0 spiro atoms. The molecule has 9 aromatic carbocycles. The Morgan fingerprint density at radius 3 is 1.29 bits per heavy atom. The van der Waals surface area contributed by atoms with Gasteiger partial charge in [0, 0.05) is 50.7 Å². The molecule has 5 nitrogen and oxygen atoms in total. The highest BCUT2D eigenvalue weighted by Gasteiger charge is 2.23. The maximum atomic E-state index is 6.65. The summed E-state index contributed by atoms with van der Waals surface area (Å²) in [7, 11) is 0. The van der Waals surface area contributed by atoms with Crippen molar-refractivity contribution in [2.45, 2.75) is 0 Å². The first-order chi connectivity index (χ1) is 31.2. The van der Waals surface area contributed by atoms with Gasteiger partial charge in [-0.05, 0) is 131 Å². The Kier molecular flexibility index (Phi) is 8.75. The van der Waals surface area contributed by atoms with Crippen LogP contribution in [0, 0.1) is 0 Å². The molecule has 0 bridgehead atoms. The number of furan rings is 1. The molecule has 298 valence electrons. The van der Waals surface area contributed by atoms with Crippen LogP contribution in [0.3, 0.4) is 0 Å². The van der Waals surface area contributed by atoms with Crippen LogP contribution < -0.4 is 14.4 Å². The molecule has 0 fully saturated rings. The summed E-state index contributed by atoms with van der Waals surface area (Å²) in [6.07, 6.45) is 0. The topological polar surface area (TPSA) is 39.8 Å². The fourth-order valence-electron chi connectivity index (χ4n) is 8.79. The summed E-state index contributed by atoms with van der Waals surface area (Å²) in [5, 5.41) is 2.15. The van der Waals surface area contributed by atoms with E-state index in [0.717, 1.165) is 67.2 Å². The quantitative estimate of drug-likeness (QED) is 0.153. The van der Waals surface area contributed by atoms with E-state index in [1.165, 1.54) is 22.3 Å². The number of hydrogen-bond acceptors (Lipinski definition) is 4. The Bertz CT molecular complexity index is 3330. The van der Waals surface area contributed by atoms with Crippen LogP contribution in [-0.2, 0) is 0 Å². The van der Waals surface area contributed by atoms with Crippen LogP contribution in [0.5, 0.6) is 23.0 Å². The molecule has 0 saturated heterocycles. The summed E-state index contributed by atoms with van der Waals surface area (Å²) in [5.41, 5.74) is 13.1. The Labute approximate surface area is 364 Å². The maximum Gasteiger partial charge on any atom is 0.172 e. The van der Waals surface area contributed by atoms with E-state index in [2.05, 4.69) is 210 Å². The van der Waals surface area contributed by atoms with E-state index in [1.807, 2.05) is 30.3 Å². The van der Waals surface area contributed by atoms with Crippen molar-refractivity contribution in [3.8, 4) is 73.6 Å². The van der Waals surface area contributed by atoms with E-state index >= 15 is 0 Å². The van der Waals surface area contributed by atoms with Crippen molar-refractivity contribution >= 4 is 38.9 Å². The van der Waals surface area contributed by atoms with Crippen molar-refractivity contribution in [1.29, 1.82) is 0 Å². The predicted octanol–water partition coefficient (Wildman–Crippen LogP) is 16.4. The maximum absolute atomic E-state index is 6.65. The van der Waals surface area contributed by atoms with Gasteiger partial charge in [-0.1, -0.05) is 115 Å². The first kappa shape index (κ1) is 36.3. The minimum atomic E-state index is 0.688. The predicted molar refractivity (Wildman–Crippen MR) is 256 cm³/mol. The third kappa shape index (κ3) is 6.60. The van der Waals surface area contributed by atoms with Crippen LogP contribution >= 0.6 is 0 Å². The molecule has 0 radical (unpaired) electrons. The second-order valence-corrected chi connectivity index (χ2v) is 15.7. The molecule has 0 saturated carbocycles. The lowest BCUT2D eigenvalue weighted by Gasteiger charge is -2.26. The molecule has 12 rings (SSSR count). The van der Waals surface area contributed by atoms with E-state index in [0.29, 0.717) is 23.0 Å². The SMILES string of the molecule is c1ccc(-c2ccc(N(c3ccc(-c4ccccc4)cc3)c3ccc(-c4ccc(-c5ccc6c(c5)c5cc7c(cc5n6-c5ccccc5)Oc5ccccc5O7)o4)cc3)cc2)cc1. The zero-order valence-corrected chi connectivity index (χ0v) is 34.1. The number of nitrogens with zero attached hydrogens (tertiary/aromatic N) is 2. The van der Waals surface area contributed by atoms with E-state index in [-0.39, 0.29) is 0 Å². The van der Waals surface area contributed by atoms with Crippen LogP contribution in [0.1, 0.15) is 0 Å². The largest absolute Gasteiger partial charge is 0.456 e. The smallest absolute Gasteiger partial charge is 0.172 e. The van der Waals surface area contributed by atoms with Gasteiger partial charge in [0.15, 0.2) is 23.0 Å². The molecule has 0 amide bonds. The number of hydrogen-bond donors (Lipinski definition) is 0. The summed E-state index contributed by atoms with van der Waals surface area (Å²) < 4.78 is 21.7. The second-order valence-electron chi connectivity index (χ2n) is 15.7. The average Bonchev–Trinajstić information content (AvgIpc) is 3.97. The van der Waals surface area contributed by atoms with E-state index in [1.54, 1.807) is 0 Å². The van der Waals surface area contributed by atoms with Crippen molar-refractivity contribution in [2.75, 3.05) is 4.90 Å². The highest BCUT2D eigenvalue weighted by atomic mass is 16.6. The molecule has 11 aromatic rings. The van der Waals surface area contributed by atoms with Crippen molar-refractivity contribution < 1.29 is 13.9 Å². The third-order valence-electron chi connectivity index (χ3n) is 11.9. The monoisotopic (exact) mass is 810 g/mol. The van der Waals surface area contributed by atoms with Crippen LogP contribution in [0.2, 0.25) is 0 Å². The first-order valence-corrected chi connectivity index (χ1v) is 21.1. The summed E-state index contributed by atoms with van der Waals surface area (Å²) in [6.45, 7) is 0. The van der Waals surface area contributed by atoms with Gasteiger partial charge in [-0.25, -0.2) is 0 Å². The molecular formula is C58H38N2O3. The van der Waals surface area contributed by atoms with Crippen LogP contribution in [0.4, 0.5) is 17.1 Å². The van der Waals surface area contributed by atoms with Gasteiger partial charge in [0.25, 0.3) is 0 Å². The number of aromatic nitrogens is 1. The summed E-state index contributed by atoms with van der Waals surface area (Å²) >= 11 is 0. The standard InChI is InChI=1S/C58H38N2O3/c1-4-12-39(13-5-1)41-20-27-46(28-21-41)59(47-29-22-42(23-30-47)40-14-6-2-7-15-40)48-31-24-43(25-32-48)53-34-35-54(61-53)44-26-33-51-49(36-44)50-37-57-58(63-56-19-11-10-18-55(56)62-57)38-52(50)60(51)45-16-8-3-9-17-45/h1-38H. The van der Waals surface area contributed by atoms with Crippen LogP contribution in [0.25, 0.3) is 72.4 Å². The van der Waals surface area contributed by atoms with Crippen molar-refractivity contribution in [3.63, 3.8) is 0 Å². The molecule has 3 heterocycles. The van der Waals surface area contributed by atoms with Crippen molar-refractivity contribution in [3.05, 3.63) is 231 Å². The second kappa shape index (κ2) is 15.2. The summed E-state index contributed by atoms with van der Waals surface area (Å²) in [4.78, 5) is 2.30. The van der Waals surface area contributed by atoms with Crippen LogP contribution in [-0.4, -0.2) is 4.57 Å². The number of benzene rings is 9. The van der Waals surface area contributed by atoms with Gasteiger partial charge in [0.05, 0.1) is 11.0 Å². The fourth-order valence-corrected chi connectivity index (χ4v) is 8.79. The molecule has 1 aliphatic rings. The molecule has 0 N–H and O–H groups in total. The van der Waals surface area contributed by atoms with Gasteiger partial charge in [-0.15, -0.1) is 0 Å². The van der Waals surface area contributed by atoms with E-state index in [4.69, 9.17) is 13.9 Å². The summed E-state index contributed by atoms with van der Waals surface area (Å²) in [5.74, 6) is 4.38. The van der Waals surface area contributed by atoms with E-state index < -0.39 is 0 Å². The number of ether oxygens (including phenoxy) is 2. The lowest BCUT2D eigenvalue weighted by molar-refractivity contribution is 0.360. The third-order valence-corrected chi connectivity index (χ3v) is 11.9. The number of anilines is 3. The molecule has 63 heavy (non-hydrogen) atoms. The molecule has 2 aromatic heterocycles. The first-order valence-electron chi connectivity index (χ1n) is 21.1. The average molecular weight is 811 g/mol. The van der Waals surface area contributed by atoms with Gasteiger partial charge in [0.2, 0.25) is 0 Å². The van der Waals surface area contributed by atoms with Gasteiger partial charge in [-0.3, -0.25) is 0 Å². The van der Waals surface area contributed by atoms with Gasteiger partial charge < -0.3 is 23.4 Å². The Morgan fingerprint density at radius 1 is 0.302 bits per heavy atom. The lowest BCUT2D eigenvalue weighted by Crippen LogP contribution is -2.09. The van der Waals surface area contributed by atoms with E-state index in [9.17, 15) is 0 Å². The Hall–Kier alpha value is -8.54. The number of para-hydroxylation sites is 3. The van der Waals surface area contributed by atoms with Crippen molar-refractivity contribution in [2.24, 2.45) is 0 Å². The highest BCUT2D eigenvalue weighted by molar-refractivity contribution is 6.11. The molecule has 0 aliphatic carbocycles. The van der Waals surface area contributed by atoms with Gasteiger partial charge in [-0.2, -0.15) is 0 Å². The minimum absolute atomic E-state index is 0.688. The highest BCUT2D eigenvalue weighted by Crippen LogP contribution is 2.49. The Morgan fingerprint density at radius 2 is 0.730 bits per heavy atom. The Balaban J connectivity index is 0.887. The minimum Gasteiger partial charge on any atom is -0.456 e. The fraction of sp³-hybridized carbons (Fsp3) is 0. The summed E-state index contributed by atoms with van der Waals surface area (Å²) in [6, 6.07) is 80.2. The number of fused-ring (bicyclic) bond motifs is 5. The molecule has 1 aliphatic heterocycles. The molecule has 0 atom stereocenters. The normalized spacial score (nSPS) is 11.7. The van der Waals surface area contributed by atoms with Crippen LogP contribution in [0.15, 0.2) is 235 Å². The molecule has 0 unspecified atom stereocenters.